The van der Waals surface area contributed by atoms with Gasteiger partial charge >= 0.3 is 0 Å². The first kappa shape index (κ1) is 11.8. The number of hydrogen-bond acceptors (Lipinski definition) is 3. The number of alkyl halides is 1. The highest BCUT2D eigenvalue weighted by molar-refractivity contribution is 8.01. The molecule has 3 fully saturated rings. The van der Waals surface area contributed by atoms with Crippen molar-refractivity contribution in [1.29, 1.82) is 0 Å². The maximum absolute atomic E-state index is 12.7. The fourth-order valence-corrected chi connectivity index (χ4v) is 4.58. The SMILES string of the molecule is COC1CSC2(C1)CN(C(=O)C1CC(F)C1)C2. The first-order valence-corrected chi connectivity index (χ1v) is 7.20. The third-order valence-electron chi connectivity index (χ3n) is 4.21. The third-order valence-corrected chi connectivity index (χ3v) is 5.78. The Labute approximate surface area is 105 Å². The highest BCUT2D eigenvalue weighted by atomic mass is 32.2. The van der Waals surface area contributed by atoms with Crippen molar-refractivity contribution < 1.29 is 13.9 Å². The lowest BCUT2D eigenvalue weighted by atomic mass is 9.80. The van der Waals surface area contributed by atoms with Gasteiger partial charge in [0.25, 0.3) is 0 Å². The molecule has 96 valence electrons. The summed E-state index contributed by atoms with van der Waals surface area (Å²) in [5.41, 5.74) is 0. The largest absolute Gasteiger partial charge is 0.381 e. The van der Waals surface area contributed by atoms with Gasteiger partial charge in [-0.3, -0.25) is 4.79 Å². The van der Waals surface area contributed by atoms with E-state index in [2.05, 4.69) is 0 Å². The number of halogens is 1. The minimum Gasteiger partial charge on any atom is -0.381 e. The van der Waals surface area contributed by atoms with Gasteiger partial charge in [0.2, 0.25) is 5.91 Å². The van der Waals surface area contributed by atoms with Crippen molar-refractivity contribution in [1.82, 2.24) is 4.90 Å². The van der Waals surface area contributed by atoms with Crippen LogP contribution in [-0.2, 0) is 9.53 Å². The van der Waals surface area contributed by atoms with Gasteiger partial charge in [-0.15, -0.1) is 11.8 Å². The topological polar surface area (TPSA) is 29.5 Å². The zero-order chi connectivity index (χ0) is 12.0. The summed E-state index contributed by atoms with van der Waals surface area (Å²) in [5, 5.41) is 0. The van der Waals surface area contributed by atoms with Crippen LogP contribution in [0.3, 0.4) is 0 Å². The fraction of sp³-hybridized carbons (Fsp3) is 0.917. The van der Waals surface area contributed by atoms with Gasteiger partial charge in [-0.05, 0) is 19.3 Å². The number of amides is 1. The molecule has 0 bridgehead atoms. The lowest BCUT2D eigenvalue weighted by molar-refractivity contribution is -0.146. The number of thioether (sulfide) groups is 1. The second kappa shape index (κ2) is 4.12. The monoisotopic (exact) mass is 259 g/mol. The quantitative estimate of drug-likeness (QED) is 0.752. The molecule has 0 aromatic heterocycles. The number of hydrogen-bond donors (Lipinski definition) is 0. The minimum atomic E-state index is -0.738. The van der Waals surface area contributed by atoms with Crippen LogP contribution in [0.4, 0.5) is 4.39 Å². The third kappa shape index (κ3) is 1.97. The lowest BCUT2D eigenvalue weighted by Gasteiger charge is -2.49. The van der Waals surface area contributed by atoms with Crippen LogP contribution in [0, 0.1) is 5.92 Å². The maximum atomic E-state index is 12.7. The van der Waals surface area contributed by atoms with E-state index in [9.17, 15) is 9.18 Å². The lowest BCUT2D eigenvalue weighted by Crippen LogP contribution is -2.62. The molecule has 3 nitrogen and oxygen atoms in total. The average Bonchev–Trinajstić information content (AvgIpc) is 2.66. The van der Waals surface area contributed by atoms with E-state index in [-0.39, 0.29) is 16.6 Å². The number of rotatable bonds is 2. The van der Waals surface area contributed by atoms with Crippen molar-refractivity contribution >= 4 is 17.7 Å². The van der Waals surface area contributed by atoms with Gasteiger partial charge in [0.05, 0.1) is 10.9 Å². The van der Waals surface area contributed by atoms with Gasteiger partial charge in [0, 0.05) is 31.9 Å². The van der Waals surface area contributed by atoms with E-state index < -0.39 is 6.17 Å². The molecule has 1 spiro atoms. The van der Waals surface area contributed by atoms with Crippen molar-refractivity contribution in [3.8, 4) is 0 Å². The summed E-state index contributed by atoms with van der Waals surface area (Å²) in [6.07, 6.45) is 1.54. The molecule has 2 saturated heterocycles. The summed E-state index contributed by atoms with van der Waals surface area (Å²) < 4.78 is 18.3. The van der Waals surface area contributed by atoms with Gasteiger partial charge < -0.3 is 9.64 Å². The van der Waals surface area contributed by atoms with Gasteiger partial charge in [0.1, 0.15) is 6.17 Å². The summed E-state index contributed by atoms with van der Waals surface area (Å²) in [7, 11) is 1.75. The molecule has 1 saturated carbocycles. The van der Waals surface area contributed by atoms with Crippen molar-refractivity contribution in [2.24, 2.45) is 5.92 Å². The van der Waals surface area contributed by atoms with E-state index in [1.54, 1.807) is 7.11 Å². The number of likely N-dealkylation sites (tertiary alicyclic amines) is 1. The second-order valence-electron chi connectivity index (χ2n) is 5.52. The normalized spacial score (nSPS) is 38.9. The Kier molecular flexibility index (Phi) is 2.86. The van der Waals surface area contributed by atoms with Crippen LogP contribution in [0.15, 0.2) is 0 Å². The molecule has 0 aromatic rings. The van der Waals surface area contributed by atoms with E-state index in [1.165, 1.54) is 0 Å². The Balaban J connectivity index is 1.50. The zero-order valence-electron chi connectivity index (χ0n) is 10.0. The molecule has 1 atom stereocenters. The number of nitrogens with zero attached hydrogens (tertiary/aromatic N) is 1. The smallest absolute Gasteiger partial charge is 0.225 e. The summed E-state index contributed by atoms with van der Waals surface area (Å²) in [5.74, 6) is 1.17. The molecule has 1 aliphatic carbocycles. The Morgan fingerprint density at radius 1 is 1.47 bits per heavy atom. The van der Waals surface area contributed by atoms with E-state index >= 15 is 0 Å². The number of methoxy groups -OCH3 is 1. The number of carbonyl (C=O) groups is 1. The molecule has 1 unspecified atom stereocenters. The van der Waals surface area contributed by atoms with Crippen molar-refractivity contribution in [2.75, 3.05) is 26.0 Å². The molecule has 5 heteroatoms. The molecule has 2 aliphatic heterocycles. The summed E-state index contributed by atoms with van der Waals surface area (Å²) in [4.78, 5) is 13.9. The molecule has 0 radical (unpaired) electrons. The summed E-state index contributed by atoms with van der Waals surface area (Å²) >= 11 is 1.93. The minimum absolute atomic E-state index is 0.0352. The van der Waals surface area contributed by atoms with Crippen LogP contribution in [-0.4, -0.2) is 53.8 Å². The van der Waals surface area contributed by atoms with E-state index in [4.69, 9.17) is 4.74 Å². The van der Waals surface area contributed by atoms with Gasteiger partial charge in [0.15, 0.2) is 0 Å². The van der Waals surface area contributed by atoms with Gasteiger partial charge in [-0.25, -0.2) is 4.39 Å². The van der Waals surface area contributed by atoms with Crippen LogP contribution in [0.5, 0.6) is 0 Å². The van der Waals surface area contributed by atoms with E-state index in [1.807, 2.05) is 16.7 Å². The maximum Gasteiger partial charge on any atom is 0.225 e. The summed E-state index contributed by atoms with van der Waals surface area (Å²) in [6.45, 7) is 1.67. The Morgan fingerprint density at radius 2 is 2.18 bits per heavy atom. The van der Waals surface area contributed by atoms with Crippen LogP contribution < -0.4 is 0 Å². The molecule has 0 aromatic carbocycles. The molecule has 3 rings (SSSR count). The predicted octanol–water partition coefficient (Wildman–Crippen LogP) is 1.47. The molecule has 3 aliphatic rings. The second-order valence-corrected chi connectivity index (χ2v) is 7.00. The van der Waals surface area contributed by atoms with Crippen molar-refractivity contribution in [2.45, 2.75) is 36.3 Å². The molecule has 0 N–H and O–H groups in total. The van der Waals surface area contributed by atoms with Crippen LogP contribution >= 0.6 is 11.8 Å². The van der Waals surface area contributed by atoms with Gasteiger partial charge in [-0.1, -0.05) is 0 Å². The molecule has 1 amide bonds. The Bertz CT molecular complexity index is 326. The molecule has 2 heterocycles. The number of ether oxygens (including phenoxy) is 1. The average molecular weight is 259 g/mol. The number of carbonyl (C=O) groups excluding carboxylic acids is 1. The van der Waals surface area contributed by atoms with E-state index in [0.29, 0.717) is 18.9 Å². The fourth-order valence-electron chi connectivity index (χ4n) is 2.99. The standard InChI is InChI=1S/C12H18FNO2S/c1-16-10-4-12(17-5-10)6-14(7-12)11(15)8-2-9(13)3-8/h8-10H,2-7H2,1H3. The van der Waals surface area contributed by atoms with Crippen LogP contribution in [0.25, 0.3) is 0 Å². The van der Waals surface area contributed by atoms with Gasteiger partial charge in [-0.2, -0.15) is 0 Å². The summed E-state index contributed by atoms with van der Waals surface area (Å²) in [6, 6.07) is 0. The highest BCUT2D eigenvalue weighted by Gasteiger charge is 2.52. The van der Waals surface area contributed by atoms with Crippen LogP contribution in [0.2, 0.25) is 0 Å². The highest BCUT2D eigenvalue weighted by Crippen LogP contribution is 2.47. The Hall–Kier alpha value is -0.290. The molecular formula is C12H18FNO2S. The zero-order valence-corrected chi connectivity index (χ0v) is 10.8. The van der Waals surface area contributed by atoms with Crippen molar-refractivity contribution in [3.63, 3.8) is 0 Å². The van der Waals surface area contributed by atoms with Crippen LogP contribution in [0.1, 0.15) is 19.3 Å². The molecular weight excluding hydrogens is 241 g/mol. The Morgan fingerprint density at radius 3 is 2.71 bits per heavy atom. The van der Waals surface area contributed by atoms with E-state index in [0.717, 1.165) is 25.3 Å². The first-order valence-electron chi connectivity index (χ1n) is 6.21. The first-order chi connectivity index (χ1) is 8.12. The molecule has 17 heavy (non-hydrogen) atoms. The predicted molar refractivity (Wildman–Crippen MR) is 64.8 cm³/mol. The van der Waals surface area contributed by atoms with Crippen molar-refractivity contribution in [3.05, 3.63) is 0 Å².